The van der Waals surface area contributed by atoms with E-state index in [0.29, 0.717) is 18.2 Å². The highest BCUT2D eigenvalue weighted by molar-refractivity contribution is 7.91. The first-order chi connectivity index (χ1) is 9.52. The fourth-order valence-corrected chi connectivity index (χ4v) is 3.94. The number of sulfone groups is 1. The molecule has 2 rings (SSSR count). The molecule has 20 heavy (non-hydrogen) atoms. The topological polar surface area (TPSA) is 88.1 Å². The van der Waals surface area contributed by atoms with Gasteiger partial charge in [-0.1, -0.05) is 13.3 Å². The van der Waals surface area contributed by atoms with E-state index in [1.165, 1.54) is 0 Å². The van der Waals surface area contributed by atoms with Gasteiger partial charge >= 0.3 is 0 Å². The summed E-state index contributed by atoms with van der Waals surface area (Å²) in [6.07, 6.45) is 4.38. The molecule has 1 fully saturated rings. The minimum absolute atomic E-state index is 0.0623. The highest BCUT2D eigenvalue weighted by Crippen LogP contribution is 2.20. The first kappa shape index (κ1) is 15.0. The first-order valence-corrected chi connectivity index (χ1v) is 8.71. The Kier molecular flexibility index (Phi) is 4.74. The van der Waals surface area contributed by atoms with E-state index in [9.17, 15) is 8.42 Å². The van der Waals surface area contributed by atoms with Crippen LogP contribution in [0.4, 0.5) is 11.8 Å². The lowest BCUT2D eigenvalue weighted by Crippen LogP contribution is -2.34. The third kappa shape index (κ3) is 3.78. The summed E-state index contributed by atoms with van der Waals surface area (Å²) in [7, 11) is -1.09. The quantitative estimate of drug-likeness (QED) is 0.774. The Morgan fingerprint density at radius 3 is 2.95 bits per heavy atom. The molecule has 0 saturated carbocycles. The van der Waals surface area contributed by atoms with Crippen LogP contribution in [0.25, 0.3) is 0 Å². The average Bonchev–Trinajstić information content (AvgIpc) is 2.79. The van der Waals surface area contributed by atoms with Crippen LogP contribution < -0.4 is 10.2 Å². The summed E-state index contributed by atoms with van der Waals surface area (Å²) in [5.74, 6) is 1.55. The molecule has 1 aliphatic rings. The molecule has 1 aliphatic heterocycles. The second-order valence-corrected chi connectivity index (χ2v) is 7.32. The zero-order chi connectivity index (χ0) is 14.6. The van der Waals surface area contributed by atoms with Crippen molar-refractivity contribution in [1.29, 1.82) is 0 Å². The van der Waals surface area contributed by atoms with Gasteiger partial charge in [-0.2, -0.15) is 10.1 Å². The minimum Gasteiger partial charge on any atom is -0.369 e. The number of anilines is 2. The van der Waals surface area contributed by atoms with Crippen LogP contribution in [0.5, 0.6) is 0 Å². The molecule has 1 saturated heterocycles. The molecular formula is C12H21N5O2S. The van der Waals surface area contributed by atoms with Crippen molar-refractivity contribution in [1.82, 2.24) is 15.2 Å². The average molecular weight is 299 g/mol. The summed E-state index contributed by atoms with van der Waals surface area (Å²) in [5, 5.41) is 11.1. The van der Waals surface area contributed by atoms with Crippen LogP contribution in [0, 0.1) is 0 Å². The van der Waals surface area contributed by atoms with Crippen LogP contribution >= 0.6 is 0 Å². The Bertz CT molecular complexity index is 549. The van der Waals surface area contributed by atoms with E-state index in [1.54, 1.807) is 6.20 Å². The maximum absolute atomic E-state index is 11.5. The van der Waals surface area contributed by atoms with E-state index in [-0.39, 0.29) is 17.5 Å². The molecule has 0 spiro atoms. The molecule has 0 aliphatic carbocycles. The van der Waals surface area contributed by atoms with Crippen LogP contribution in [0.2, 0.25) is 0 Å². The van der Waals surface area contributed by atoms with Gasteiger partial charge in [0.1, 0.15) is 0 Å². The number of rotatable bonds is 6. The monoisotopic (exact) mass is 299 g/mol. The van der Waals surface area contributed by atoms with Crippen molar-refractivity contribution < 1.29 is 8.42 Å². The summed E-state index contributed by atoms with van der Waals surface area (Å²) in [6, 6.07) is -0.0623. The zero-order valence-corrected chi connectivity index (χ0v) is 12.7. The van der Waals surface area contributed by atoms with E-state index < -0.39 is 9.84 Å². The predicted molar refractivity (Wildman–Crippen MR) is 78.7 cm³/mol. The Morgan fingerprint density at radius 2 is 2.30 bits per heavy atom. The number of unbranched alkanes of at least 4 members (excludes halogenated alkanes) is 1. The summed E-state index contributed by atoms with van der Waals surface area (Å²) >= 11 is 0. The van der Waals surface area contributed by atoms with E-state index in [2.05, 4.69) is 27.4 Å². The van der Waals surface area contributed by atoms with Crippen LogP contribution in [-0.2, 0) is 9.84 Å². The molecule has 1 atom stereocenters. The van der Waals surface area contributed by atoms with Gasteiger partial charge in [0.2, 0.25) is 5.95 Å². The molecular weight excluding hydrogens is 278 g/mol. The largest absolute Gasteiger partial charge is 0.369 e. The van der Waals surface area contributed by atoms with Gasteiger partial charge < -0.3 is 10.2 Å². The summed E-state index contributed by atoms with van der Waals surface area (Å²) in [6.45, 7) is 2.97. The lowest BCUT2D eigenvalue weighted by atomic mass is 10.2. The Hall–Kier alpha value is -1.44. The maximum Gasteiger partial charge on any atom is 0.247 e. The molecule has 1 aromatic rings. The molecule has 0 bridgehead atoms. The van der Waals surface area contributed by atoms with Crippen LogP contribution in [-0.4, -0.2) is 54.7 Å². The van der Waals surface area contributed by atoms with Crippen molar-refractivity contribution in [2.24, 2.45) is 0 Å². The number of hydrogen-bond acceptors (Lipinski definition) is 7. The van der Waals surface area contributed by atoms with Crippen molar-refractivity contribution in [3.8, 4) is 0 Å². The van der Waals surface area contributed by atoms with Crippen LogP contribution in [0.1, 0.15) is 26.2 Å². The van der Waals surface area contributed by atoms with Gasteiger partial charge in [-0.05, 0) is 12.8 Å². The molecule has 1 N–H and O–H groups in total. The second kappa shape index (κ2) is 6.34. The van der Waals surface area contributed by atoms with Gasteiger partial charge in [-0.3, -0.25) is 0 Å². The Labute approximate surface area is 119 Å². The van der Waals surface area contributed by atoms with Crippen molar-refractivity contribution in [2.75, 3.05) is 35.3 Å². The normalized spacial score (nSPS) is 20.8. The first-order valence-electron chi connectivity index (χ1n) is 6.88. The summed E-state index contributed by atoms with van der Waals surface area (Å²) in [4.78, 5) is 6.19. The Morgan fingerprint density at radius 1 is 1.50 bits per heavy atom. The summed E-state index contributed by atoms with van der Waals surface area (Å²) < 4.78 is 23.0. The van der Waals surface area contributed by atoms with Gasteiger partial charge in [-0.15, -0.1) is 5.10 Å². The summed E-state index contributed by atoms with van der Waals surface area (Å²) in [5.41, 5.74) is 0. The van der Waals surface area contributed by atoms with Gasteiger partial charge in [0.15, 0.2) is 15.7 Å². The lowest BCUT2D eigenvalue weighted by Gasteiger charge is -2.22. The number of hydrogen-bond donors (Lipinski definition) is 1. The SMILES string of the molecule is CCCCNc1cnnc(N(C)C2CCS(=O)(=O)C2)n1. The molecule has 0 amide bonds. The minimum atomic E-state index is -2.91. The van der Waals surface area contributed by atoms with E-state index in [0.717, 1.165) is 19.4 Å². The van der Waals surface area contributed by atoms with Crippen LogP contribution in [0.3, 0.4) is 0 Å². The van der Waals surface area contributed by atoms with Crippen molar-refractivity contribution in [3.05, 3.63) is 6.20 Å². The maximum atomic E-state index is 11.5. The molecule has 7 nitrogen and oxygen atoms in total. The second-order valence-electron chi connectivity index (χ2n) is 5.09. The van der Waals surface area contributed by atoms with Gasteiger partial charge in [0.05, 0.1) is 17.7 Å². The van der Waals surface area contributed by atoms with Crippen LogP contribution in [0.15, 0.2) is 6.20 Å². The molecule has 2 heterocycles. The van der Waals surface area contributed by atoms with Gasteiger partial charge in [0.25, 0.3) is 0 Å². The predicted octanol–water partition coefficient (Wildman–Crippen LogP) is 0.707. The molecule has 112 valence electrons. The lowest BCUT2D eigenvalue weighted by molar-refractivity contribution is 0.600. The zero-order valence-electron chi connectivity index (χ0n) is 11.9. The van der Waals surface area contributed by atoms with E-state index in [4.69, 9.17) is 0 Å². The molecule has 0 aromatic carbocycles. The fourth-order valence-electron chi connectivity index (χ4n) is 2.17. The molecule has 1 unspecified atom stereocenters. The molecule has 1 aromatic heterocycles. The molecule has 0 radical (unpaired) electrons. The third-order valence-corrected chi connectivity index (χ3v) is 5.21. The number of aromatic nitrogens is 3. The third-order valence-electron chi connectivity index (χ3n) is 3.46. The molecule has 8 heteroatoms. The fraction of sp³-hybridized carbons (Fsp3) is 0.750. The van der Waals surface area contributed by atoms with E-state index in [1.807, 2.05) is 11.9 Å². The van der Waals surface area contributed by atoms with Gasteiger partial charge in [-0.25, -0.2) is 8.42 Å². The number of nitrogens with one attached hydrogen (secondary N) is 1. The van der Waals surface area contributed by atoms with E-state index >= 15 is 0 Å². The van der Waals surface area contributed by atoms with Crippen molar-refractivity contribution in [3.63, 3.8) is 0 Å². The smallest absolute Gasteiger partial charge is 0.247 e. The highest BCUT2D eigenvalue weighted by Gasteiger charge is 2.31. The van der Waals surface area contributed by atoms with Crippen molar-refractivity contribution >= 4 is 21.6 Å². The highest BCUT2D eigenvalue weighted by atomic mass is 32.2. The van der Waals surface area contributed by atoms with Crippen molar-refractivity contribution in [2.45, 2.75) is 32.2 Å². The number of nitrogens with zero attached hydrogens (tertiary/aromatic N) is 4. The Balaban J connectivity index is 2.03. The van der Waals surface area contributed by atoms with Gasteiger partial charge in [0, 0.05) is 19.6 Å². The standard InChI is InChI=1S/C12H21N5O2S/c1-3-4-6-13-11-8-14-16-12(15-11)17(2)10-5-7-20(18,19)9-10/h8,10H,3-7,9H2,1-2H3,(H,13,15,16).